The molecule has 19 heavy (non-hydrogen) atoms. The SMILES string of the molecule is NC(=NCCCSc1ccccc1)N1CCCCC1. The molecule has 2 rings (SSSR count). The van der Waals surface area contributed by atoms with Gasteiger partial charge < -0.3 is 10.6 Å². The minimum Gasteiger partial charge on any atom is -0.370 e. The Kier molecular flexibility index (Phi) is 6.08. The number of guanidine groups is 1. The molecule has 0 aliphatic carbocycles. The number of nitrogens with zero attached hydrogens (tertiary/aromatic N) is 2. The molecule has 1 aliphatic heterocycles. The summed E-state index contributed by atoms with van der Waals surface area (Å²) >= 11 is 1.88. The molecule has 0 aromatic heterocycles. The fourth-order valence-corrected chi connectivity index (χ4v) is 3.05. The summed E-state index contributed by atoms with van der Waals surface area (Å²) in [4.78, 5) is 8.03. The van der Waals surface area contributed by atoms with Crippen LogP contribution in [0.3, 0.4) is 0 Å². The lowest BCUT2D eigenvalue weighted by molar-refractivity contribution is 0.338. The molecule has 1 heterocycles. The molecule has 0 unspecified atom stereocenters. The molecular weight excluding hydrogens is 254 g/mol. The molecule has 3 nitrogen and oxygen atoms in total. The number of hydrogen-bond donors (Lipinski definition) is 1. The van der Waals surface area contributed by atoms with E-state index in [0.29, 0.717) is 0 Å². The summed E-state index contributed by atoms with van der Waals surface area (Å²) in [6.45, 7) is 2.99. The number of nitrogens with two attached hydrogens (primary N) is 1. The van der Waals surface area contributed by atoms with Crippen LogP contribution in [-0.2, 0) is 0 Å². The fraction of sp³-hybridized carbons (Fsp3) is 0.533. The summed E-state index contributed by atoms with van der Waals surface area (Å²) in [7, 11) is 0. The van der Waals surface area contributed by atoms with Gasteiger partial charge in [-0.2, -0.15) is 0 Å². The first-order valence-corrected chi connectivity index (χ1v) is 8.07. The fourth-order valence-electron chi connectivity index (χ4n) is 2.19. The van der Waals surface area contributed by atoms with Crippen LogP contribution in [0.4, 0.5) is 0 Å². The summed E-state index contributed by atoms with van der Waals surface area (Å²) in [5.41, 5.74) is 6.01. The molecule has 0 saturated carbocycles. The largest absolute Gasteiger partial charge is 0.370 e. The zero-order valence-electron chi connectivity index (χ0n) is 11.4. The number of thioether (sulfide) groups is 1. The van der Waals surface area contributed by atoms with E-state index in [9.17, 15) is 0 Å². The Morgan fingerprint density at radius 3 is 2.63 bits per heavy atom. The second kappa shape index (κ2) is 8.10. The number of benzene rings is 1. The van der Waals surface area contributed by atoms with Gasteiger partial charge in [0.1, 0.15) is 0 Å². The van der Waals surface area contributed by atoms with Crippen molar-refractivity contribution in [3.8, 4) is 0 Å². The Bertz CT molecular complexity index is 386. The zero-order chi connectivity index (χ0) is 13.3. The Morgan fingerprint density at radius 1 is 1.16 bits per heavy atom. The lowest BCUT2D eigenvalue weighted by Crippen LogP contribution is -2.40. The van der Waals surface area contributed by atoms with Gasteiger partial charge in [-0.1, -0.05) is 18.2 Å². The average Bonchev–Trinajstić information content (AvgIpc) is 2.49. The van der Waals surface area contributed by atoms with Crippen LogP contribution in [0, 0.1) is 0 Å². The van der Waals surface area contributed by atoms with Gasteiger partial charge in [0.05, 0.1) is 0 Å². The van der Waals surface area contributed by atoms with Crippen LogP contribution in [0.1, 0.15) is 25.7 Å². The molecule has 1 fully saturated rings. The van der Waals surface area contributed by atoms with Gasteiger partial charge in [0.15, 0.2) is 5.96 Å². The molecule has 1 saturated heterocycles. The minimum atomic E-state index is 0.740. The predicted octanol–water partition coefficient (Wildman–Crippen LogP) is 2.97. The van der Waals surface area contributed by atoms with Crippen molar-refractivity contribution in [1.82, 2.24) is 4.90 Å². The molecule has 0 spiro atoms. The monoisotopic (exact) mass is 277 g/mol. The van der Waals surface area contributed by atoms with Crippen molar-refractivity contribution >= 4 is 17.7 Å². The van der Waals surface area contributed by atoms with Crippen LogP contribution in [0.2, 0.25) is 0 Å². The molecule has 0 bridgehead atoms. The highest BCUT2D eigenvalue weighted by atomic mass is 32.2. The molecule has 1 aromatic rings. The highest BCUT2D eigenvalue weighted by molar-refractivity contribution is 7.99. The minimum absolute atomic E-state index is 0.740. The maximum atomic E-state index is 6.01. The van der Waals surface area contributed by atoms with Gasteiger partial charge in [-0.25, -0.2) is 0 Å². The normalized spacial score (nSPS) is 16.6. The maximum absolute atomic E-state index is 6.01. The van der Waals surface area contributed by atoms with Gasteiger partial charge in [0.25, 0.3) is 0 Å². The second-order valence-corrected chi connectivity index (χ2v) is 5.97. The van der Waals surface area contributed by atoms with Gasteiger partial charge in [-0.3, -0.25) is 4.99 Å². The van der Waals surface area contributed by atoms with E-state index < -0.39 is 0 Å². The van der Waals surface area contributed by atoms with E-state index in [1.807, 2.05) is 17.8 Å². The highest BCUT2D eigenvalue weighted by Crippen LogP contribution is 2.17. The lowest BCUT2D eigenvalue weighted by atomic mass is 10.1. The quantitative estimate of drug-likeness (QED) is 0.389. The topological polar surface area (TPSA) is 41.6 Å². The van der Waals surface area contributed by atoms with Gasteiger partial charge >= 0.3 is 0 Å². The summed E-state index contributed by atoms with van der Waals surface area (Å²) in [5, 5.41) is 0. The second-order valence-electron chi connectivity index (χ2n) is 4.80. The summed E-state index contributed by atoms with van der Waals surface area (Å²) in [5.74, 6) is 1.84. The van der Waals surface area contributed by atoms with Crippen LogP contribution in [0.25, 0.3) is 0 Å². The number of piperidine rings is 1. The highest BCUT2D eigenvalue weighted by Gasteiger charge is 2.11. The first-order chi connectivity index (χ1) is 9.36. The number of likely N-dealkylation sites (tertiary alicyclic amines) is 1. The Morgan fingerprint density at radius 2 is 1.89 bits per heavy atom. The average molecular weight is 277 g/mol. The number of aliphatic imine (C=N–C) groups is 1. The third-order valence-corrected chi connectivity index (χ3v) is 4.37. The molecule has 1 aliphatic rings. The summed E-state index contributed by atoms with van der Waals surface area (Å²) in [6.07, 6.45) is 4.91. The predicted molar refractivity (Wildman–Crippen MR) is 83.7 cm³/mol. The van der Waals surface area contributed by atoms with Crippen molar-refractivity contribution in [2.45, 2.75) is 30.6 Å². The molecule has 2 N–H and O–H groups in total. The van der Waals surface area contributed by atoms with Gasteiger partial charge in [-0.05, 0) is 43.6 Å². The van der Waals surface area contributed by atoms with Crippen molar-refractivity contribution in [2.24, 2.45) is 10.7 Å². The molecule has 4 heteroatoms. The van der Waals surface area contributed by atoms with E-state index in [4.69, 9.17) is 5.73 Å². The molecule has 104 valence electrons. The van der Waals surface area contributed by atoms with Crippen LogP contribution < -0.4 is 5.73 Å². The van der Waals surface area contributed by atoms with Crippen molar-refractivity contribution in [1.29, 1.82) is 0 Å². The molecule has 0 radical (unpaired) electrons. The molecule has 1 aromatic carbocycles. The van der Waals surface area contributed by atoms with Crippen molar-refractivity contribution in [2.75, 3.05) is 25.4 Å². The third kappa shape index (κ3) is 5.15. The Balaban J connectivity index is 1.62. The van der Waals surface area contributed by atoms with E-state index in [-0.39, 0.29) is 0 Å². The van der Waals surface area contributed by atoms with Gasteiger partial charge in [0.2, 0.25) is 0 Å². The van der Waals surface area contributed by atoms with Crippen LogP contribution in [0.5, 0.6) is 0 Å². The molecule has 0 amide bonds. The van der Waals surface area contributed by atoms with Gasteiger partial charge in [0, 0.05) is 24.5 Å². The lowest BCUT2D eigenvalue weighted by Gasteiger charge is -2.27. The Labute approximate surface area is 120 Å². The van der Waals surface area contributed by atoms with Crippen molar-refractivity contribution < 1.29 is 0 Å². The van der Waals surface area contributed by atoms with Crippen LogP contribution in [0.15, 0.2) is 40.2 Å². The van der Waals surface area contributed by atoms with Crippen LogP contribution >= 0.6 is 11.8 Å². The van der Waals surface area contributed by atoms with Crippen molar-refractivity contribution in [3.05, 3.63) is 30.3 Å². The molecular formula is C15H23N3S. The standard InChI is InChI=1S/C15H23N3S/c16-15(18-11-5-2-6-12-18)17-10-7-13-19-14-8-3-1-4-9-14/h1,3-4,8-9H,2,5-7,10-13H2,(H2,16,17). The third-order valence-electron chi connectivity index (χ3n) is 3.27. The summed E-state index contributed by atoms with van der Waals surface area (Å²) in [6, 6.07) is 10.5. The number of hydrogen-bond acceptors (Lipinski definition) is 2. The van der Waals surface area contributed by atoms with E-state index >= 15 is 0 Å². The van der Waals surface area contributed by atoms with Gasteiger partial charge in [-0.15, -0.1) is 11.8 Å². The Hall–Kier alpha value is -1.16. The van der Waals surface area contributed by atoms with E-state index in [0.717, 1.165) is 37.8 Å². The van der Waals surface area contributed by atoms with E-state index in [1.54, 1.807) is 0 Å². The summed E-state index contributed by atoms with van der Waals surface area (Å²) < 4.78 is 0. The van der Waals surface area contributed by atoms with E-state index in [1.165, 1.54) is 24.2 Å². The first-order valence-electron chi connectivity index (χ1n) is 7.09. The molecule has 0 atom stereocenters. The smallest absolute Gasteiger partial charge is 0.191 e. The zero-order valence-corrected chi connectivity index (χ0v) is 12.2. The maximum Gasteiger partial charge on any atom is 0.191 e. The number of rotatable bonds is 5. The van der Waals surface area contributed by atoms with E-state index in [2.05, 4.69) is 34.2 Å². The van der Waals surface area contributed by atoms with Crippen LogP contribution in [-0.4, -0.2) is 36.2 Å². The van der Waals surface area contributed by atoms with Crippen molar-refractivity contribution in [3.63, 3.8) is 0 Å². The first kappa shape index (κ1) is 14.3.